The summed E-state index contributed by atoms with van der Waals surface area (Å²) >= 11 is 1.52. The van der Waals surface area contributed by atoms with Gasteiger partial charge >= 0.3 is 0 Å². The van der Waals surface area contributed by atoms with Crippen molar-refractivity contribution in [3.05, 3.63) is 53.6 Å². The highest BCUT2D eigenvalue weighted by molar-refractivity contribution is 7.22. The van der Waals surface area contributed by atoms with E-state index in [0.717, 1.165) is 16.6 Å². The summed E-state index contributed by atoms with van der Waals surface area (Å²) in [4.78, 5) is 19.1. The molecule has 3 aromatic rings. The van der Waals surface area contributed by atoms with E-state index in [9.17, 15) is 4.79 Å². The van der Waals surface area contributed by atoms with Crippen LogP contribution in [0.15, 0.2) is 42.5 Å². The number of thiazole rings is 1. The molecule has 4 nitrogen and oxygen atoms in total. The van der Waals surface area contributed by atoms with Gasteiger partial charge in [-0.2, -0.15) is 0 Å². The fraction of sp³-hybridized carbons (Fsp3) is 0.263. The van der Waals surface area contributed by atoms with Gasteiger partial charge in [-0.05, 0) is 49.6 Å². The lowest BCUT2D eigenvalue weighted by atomic mass is 10.1. The first-order valence-corrected chi connectivity index (χ1v) is 8.93. The number of fused-ring (bicyclic) bond motifs is 2. The molecule has 1 N–H and O–H groups in total. The maximum absolute atomic E-state index is 12.5. The number of aryl methyl sites for hydroxylation is 1. The van der Waals surface area contributed by atoms with Gasteiger partial charge in [-0.15, -0.1) is 0 Å². The van der Waals surface area contributed by atoms with Crippen LogP contribution in [0.1, 0.15) is 18.1 Å². The monoisotopic (exact) mass is 337 g/mol. The minimum Gasteiger partial charge on any atom is -0.359 e. The van der Waals surface area contributed by atoms with Gasteiger partial charge in [0, 0.05) is 11.7 Å². The molecule has 0 fully saturated rings. The topological polar surface area (TPSA) is 45.2 Å². The van der Waals surface area contributed by atoms with Crippen LogP contribution in [-0.2, 0) is 11.2 Å². The van der Waals surface area contributed by atoms with Gasteiger partial charge < -0.3 is 10.2 Å². The van der Waals surface area contributed by atoms with Crippen molar-refractivity contribution >= 4 is 38.3 Å². The Morgan fingerprint density at radius 3 is 3.04 bits per heavy atom. The van der Waals surface area contributed by atoms with Crippen molar-refractivity contribution in [2.45, 2.75) is 26.3 Å². The normalized spacial score (nSPS) is 16.4. The second kappa shape index (κ2) is 5.91. The molecule has 1 amide bonds. The fourth-order valence-corrected chi connectivity index (χ4v) is 4.25. The van der Waals surface area contributed by atoms with E-state index < -0.39 is 0 Å². The Kier molecular flexibility index (Phi) is 3.73. The highest BCUT2D eigenvalue weighted by Crippen LogP contribution is 2.32. The predicted molar refractivity (Wildman–Crippen MR) is 99.9 cm³/mol. The highest BCUT2D eigenvalue weighted by atomic mass is 32.1. The molecular weight excluding hydrogens is 318 g/mol. The number of nitrogens with zero attached hydrogens (tertiary/aromatic N) is 2. The molecule has 2 heterocycles. The molecule has 0 saturated heterocycles. The second-order valence-electron chi connectivity index (χ2n) is 6.35. The van der Waals surface area contributed by atoms with Gasteiger partial charge in [0.15, 0.2) is 5.13 Å². The third-order valence-corrected chi connectivity index (χ3v) is 5.39. The number of hydrogen-bond donors (Lipinski definition) is 1. The van der Waals surface area contributed by atoms with Crippen molar-refractivity contribution in [1.29, 1.82) is 0 Å². The van der Waals surface area contributed by atoms with Crippen LogP contribution in [0.3, 0.4) is 0 Å². The van der Waals surface area contributed by atoms with E-state index in [2.05, 4.69) is 53.3 Å². The van der Waals surface area contributed by atoms with Gasteiger partial charge in [0.2, 0.25) is 5.91 Å². The number of rotatable bonds is 3. The molecule has 0 bridgehead atoms. The lowest BCUT2D eigenvalue weighted by Crippen LogP contribution is -2.37. The smallest absolute Gasteiger partial charge is 0.245 e. The number of benzene rings is 2. The van der Waals surface area contributed by atoms with E-state index in [1.807, 2.05) is 18.2 Å². The Balaban J connectivity index is 1.50. The summed E-state index contributed by atoms with van der Waals surface area (Å²) in [5, 5.41) is 3.62. The number of carbonyl (C=O) groups is 1. The first-order chi connectivity index (χ1) is 11.6. The molecule has 0 unspecified atom stereocenters. The molecule has 1 atom stereocenters. The minimum absolute atomic E-state index is 0.0191. The molecule has 1 aliphatic rings. The average Bonchev–Trinajstić information content (AvgIpc) is 3.07. The lowest BCUT2D eigenvalue weighted by molar-refractivity contribution is -0.115. The summed E-state index contributed by atoms with van der Waals surface area (Å²) in [7, 11) is 0. The summed E-state index contributed by atoms with van der Waals surface area (Å²) in [5.74, 6) is -0.0191. The van der Waals surface area contributed by atoms with Crippen molar-refractivity contribution < 1.29 is 4.79 Å². The summed E-state index contributed by atoms with van der Waals surface area (Å²) in [5.41, 5.74) is 4.61. The third kappa shape index (κ3) is 2.76. The van der Waals surface area contributed by atoms with E-state index in [1.54, 1.807) is 0 Å². The molecular formula is C19H19N3OS. The zero-order valence-corrected chi connectivity index (χ0v) is 14.6. The molecule has 122 valence electrons. The molecule has 0 saturated carbocycles. The molecule has 4 rings (SSSR count). The van der Waals surface area contributed by atoms with Crippen molar-refractivity contribution in [3.8, 4) is 0 Å². The first kappa shape index (κ1) is 15.1. The van der Waals surface area contributed by atoms with E-state index >= 15 is 0 Å². The Bertz CT molecular complexity index is 918. The van der Waals surface area contributed by atoms with Gasteiger partial charge in [0.05, 0.1) is 16.8 Å². The van der Waals surface area contributed by atoms with Crippen molar-refractivity contribution in [3.63, 3.8) is 0 Å². The molecule has 2 aromatic carbocycles. The number of para-hydroxylation sites is 1. The second-order valence-corrected chi connectivity index (χ2v) is 7.38. The third-order valence-electron chi connectivity index (χ3n) is 4.45. The zero-order valence-electron chi connectivity index (χ0n) is 13.7. The number of carbonyl (C=O) groups excluding carboxylic acids is 1. The SMILES string of the molecule is Cc1ccc2nc(NC(=O)CN3c4ccccc4C[C@@H]3C)sc2c1. The van der Waals surface area contributed by atoms with Crippen LogP contribution in [0.4, 0.5) is 10.8 Å². The minimum atomic E-state index is -0.0191. The number of anilines is 2. The van der Waals surface area contributed by atoms with E-state index in [4.69, 9.17) is 0 Å². The predicted octanol–water partition coefficient (Wildman–Crippen LogP) is 3.99. The zero-order chi connectivity index (χ0) is 16.7. The Hall–Kier alpha value is -2.40. The molecule has 0 radical (unpaired) electrons. The average molecular weight is 337 g/mol. The summed E-state index contributed by atoms with van der Waals surface area (Å²) in [6.45, 7) is 4.57. The number of aromatic nitrogens is 1. The maximum Gasteiger partial charge on any atom is 0.245 e. The summed E-state index contributed by atoms with van der Waals surface area (Å²) < 4.78 is 1.10. The van der Waals surface area contributed by atoms with E-state index in [0.29, 0.717) is 17.7 Å². The molecule has 0 spiro atoms. The lowest BCUT2D eigenvalue weighted by Gasteiger charge is -2.23. The number of nitrogens with one attached hydrogen (secondary N) is 1. The van der Waals surface area contributed by atoms with Gasteiger partial charge in [-0.3, -0.25) is 4.79 Å². The Labute approximate surface area is 145 Å². The van der Waals surface area contributed by atoms with Crippen LogP contribution in [-0.4, -0.2) is 23.5 Å². The van der Waals surface area contributed by atoms with Crippen molar-refractivity contribution in [2.75, 3.05) is 16.8 Å². The van der Waals surface area contributed by atoms with Crippen LogP contribution < -0.4 is 10.2 Å². The van der Waals surface area contributed by atoms with E-state index in [-0.39, 0.29) is 5.91 Å². The molecule has 24 heavy (non-hydrogen) atoms. The first-order valence-electron chi connectivity index (χ1n) is 8.12. The van der Waals surface area contributed by atoms with Crippen molar-refractivity contribution in [2.24, 2.45) is 0 Å². The van der Waals surface area contributed by atoms with Crippen molar-refractivity contribution in [1.82, 2.24) is 4.98 Å². The molecule has 1 aliphatic heterocycles. The quantitative estimate of drug-likeness (QED) is 0.786. The van der Waals surface area contributed by atoms with Gasteiger partial charge in [-0.25, -0.2) is 4.98 Å². The Morgan fingerprint density at radius 1 is 1.33 bits per heavy atom. The van der Waals surface area contributed by atoms with Crippen LogP contribution in [0.25, 0.3) is 10.2 Å². The van der Waals surface area contributed by atoms with Gasteiger partial charge in [-0.1, -0.05) is 35.6 Å². The fourth-order valence-electron chi connectivity index (χ4n) is 3.27. The maximum atomic E-state index is 12.5. The molecule has 1 aromatic heterocycles. The molecule has 0 aliphatic carbocycles. The largest absolute Gasteiger partial charge is 0.359 e. The van der Waals surface area contributed by atoms with Crippen LogP contribution in [0, 0.1) is 6.92 Å². The number of amides is 1. The van der Waals surface area contributed by atoms with Crippen LogP contribution in [0.2, 0.25) is 0 Å². The van der Waals surface area contributed by atoms with Gasteiger partial charge in [0.1, 0.15) is 0 Å². The molecule has 5 heteroatoms. The summed E-state index contributed by atoms with van der Waals surface area (Å²) in [6.07, 6.45) is 0.990. The van der Waals surface area contributed by atoms with E-state index in [1.165, 1.54) is 28.2 Å². The Morgan fingerprint density at radius 2 is 2.17 bits per heavy atom. The highest BCUT2D eigenvalue weighted by Gasteiger charge is 2.27. The van der Waals surface area contributed by atoms with Gasteiger partial charge in [0.25, 0.3) is 0 Å². The van der Waals surface area contributed by atoms with Crippen LogP contribution >= 0.6 is 11.3 Å². The van der Waals surface area contributed by atoms with Crippen LogP contribution in [0.5, 0.6) is 0 Å². The number of hydrogen-bond acceptors (Lipinski definition) is 4. The summed E-state index contributed by atoms with van der Waals surface area (Å²) in [6, 6.07) is 14.8. The standard InChI is InChI=1S/C19H19N3OS/c1-12-7-8-15-17(9-12)24-19(20-15)21-18(23)11-22-13(2)10-14-5-3-4-6-16(14)22/h3-9,13H,10-11H2,1-2H3,(H,20,21,23)/t13-/m0/s1.